The van der Waals surface area contributed by atoms with Crippen LogP contribution in [0.4, 0.5) is 167 Å². The molecule has 0 amide bonds. The van der Waals surface area contributed by atoms with Crippen molar-refractivity contribution in [2.75, 3.05) is 0 Å². The van der Waals surface area contributed by atoms with Crippen LogP contribution in [0.25, 0.3) is 0 Å². The smallest absolute Gasteiger partial charge is 0.396 e. The van der Waals surface area contributed by atoms with Gasteiger partial charge < -0.3 is 9.47 Å². The van der Waals surface area contributed by atoms with Gasteiger partial charge in [-0.3, -0.25) is 14.1 Å². The molecule has 0 bridgehead atoms. The first-order valence-corrected chi connectivity index (χ1v) is 15.7. The lowest BCUT2D eigenvalue weighted by atomic mass is 9.88. The predicted octanol–water partition coefficient (Wildman–Crippen LogP) is 10.9. The van der Waals surface area contributed by atoms with Crippen LogP contribution in [-0.4, -0.2) is 138 Å². The zero-order valence-electron chi connectivity index (χ0n) is 29.0. The lowest BCUT2D eigenvalue weighted by Gasteiger charge is -2.43. The quantitative estimate of drug-likeness (QED) is 0.0735. The third-order valence-electron chi connectivity index (χ3n) is 7.62. The summed E-state index contributed by atoms with van der Waals surface area (Å²) in [5.74, 6) is -141. The second-order valence-corrected chi connectivity index (χ2v) is 13.8. The number of carbonyl (C=O) groups is 2. The van der Waals surface area contributed by atoms with Gasteiger partial charge in [0.25, 0.3) is 10.1 Å². The molecular formula is C22H4F38O7S. The Hall–Kier alpha value is -3.81. The maximum atomic E-state index is 14.0. The van der Waals surface area contributed by atoms with Crippen molar-refractivity contribution in [3.05, 3.63) is 0 Å². The molecule has 1 atom stereocenters. The first kappa shape index (κ1) is 64.2. The molecule has 0 radical (unpaired) electrons. The van der Waals surface area contributed by atoms with Crippen molar-refractivity contribution in [1.29, 1.82) is 0 Å². The van der Waals surface area contributed by atoms with Gasteiger partial charge in [0.05, 0.1) is 6.42 Å². The van der Waals surface area contributed by atoms with E-state index in [1.54, 1.807) is 9.47 Å². The van der Waals surface area contributed by atoms with E-state index in [0.29, 0.717) is 0 Å². The van der Waals surface area contributed by atoms with Crippen LogP contribution < -0.4 is 0 Å². The monoisotopic (exact) mass is 1130 g/mol. The zero-order chi connectivity index (χ0) is 56.4. The van der Waals surface area contributed by atoms with Crippen LogP contribution in [-0.2, 0) is 29.2 Å². The van der Waals surface area contributed by atoms with E-state index >= 15 is 0 Å². The Balaban J connectivity index is 7.21. The van der Waals surface area contributed by atoms with E-state index in [2.05, 4.69) is 0 Å². The molecule has 0 aliphatic heterocycles. The van der Waals surface area contributed by atoms with Gasteiger partial charge in [-0.15, -0.1) is 0 Å². The largest absolute Gasteiger partial charge is 0.473 e. The molecule has 0 aromatic rings. The lowest BCUT2D eigenvalue weighted by molar-refractivity contribution is -0.478. The van der Waals surface area contributed by atoms with Gasteiger partial charge >= 0.3 is 119 Å². The summed E-state index contributed by atoms with van der Waals surface area (Å²) < 4.78 is 543. The third-order valence-corrected chi connectivity index (χ3v) is 8.70. The Kier molecular flexibility index (Phi) is 15.5. The minimum absolute atomic E-state index is 1.65. The summed E-state index contributed by atoms with van der Waals surface area (Å²) in [5.41, 5.74) is 0. The van der Waals surface area contributed by atoms with Crippen LogP contribution in [0.3, 0.4) is 0 Å². The zero-order valence-corrected chi connectivity index (χ0v) is 29.8. The first-order chi connectivity index (χ1) is 28.6. The van der Waals surface area contributed by atoms with Crippen molar-refractivity contribution < 1.29 is 199 Å². The molecule has 0 fully saturated rings. The normalized spacial score (nSPS) is 17.0. The van der Waals surface area contributed by atoms with Crippen molar-refractivity contribution in [1.82, 2.24) is 0 Å². The van der Waals surface area contributed by atoms with Crippen molar-refractivity contribution in [2.24, 2.45) is 0 Å². The van der Waals surface area contributed by atoms with E-state index < -0.39 is 141 Å². The average molecular weight is 1130 g/mol. The summed E-state index contributed by atoms with van der Waals surface area (Å²) in [6, 6.07) is 0. The molecule has 7 nitrogen and oxygen atoms in total. The van der Waals surface area contributed by atoms with Crippen molar-refractivity contribution in [3.8, 4) is 0 Å². The summed E-state index contributed by atoms with van der Waals surface area (Å²) >= 11 is 0. The van der Waals surface area contributed by atoms with E-state index in [0.717, 1.165) is 0 Å². The highest BCUT2D eigenvalue weighted by atomic mass is 32.2. The fraction of sp³-hybridized carbons (Fsp3) is 0.909. The topological polar surface area (TPSA) is 107 Å². The number of hydrogen-bond acceptors (Lipinski definition) is 6. The number of hydrogen-bond donors (Lipinski definition) is 1. The highest BCUT2D eigenvalue weighted by Crippen LogP contribution is 2.67. The van der Waals surface area contributed by atoms with Crippen LogP contribution in [0, 0.1) is 0 Å². The molecule has 0 rings (SSSR count). The Morgan fingerprint density at radius 3 is 0.691 bits per heavy atom. The molecule has 68 heavy (non-hydrogen) atoms. The van der Waals surface area contributed by atoms with Gasteiger partial charge in [-0.25, -0.2) is 0 Å². The highest BCUT2D eigenvalue weighted by molar-refractivity contribution is 7.87. The number of halogens is 38. The van der Waals surface area contributed by atoms with E-state index in [4.69, 9.17) is 4.55 Å². The molecule has 0 aromatic carbocycles. The number of esters is 2. The summed E-state index contributed by atoms with van der Waals surface area (Å²) in [5, 5.41) is -5.37. The van der Waals surface area contributed by atoms with E-state index in [1.165, 1.54) is 0 Å². The van der Waals surface area contributed by atoms with Crippen LogP contribution in [0.15, 0.2) is 0 Å². The number of carbonyl (C=O) groups excluding carboxylic acids is 2. The first-order valence-electron chi connectivity index (χ1n) is 14.2. The maximum absolute atomic E-state index is 14.0. The molecular weight excluding hydrogens is 1130 g/mol. The number of rotatable bonds is 20. The van der Waals surface area contributed by atoms with Gasteiger partial charge in [0.15, 0.2) is 5.25 Å². The molecule has 0 saturated carbocycles. The minimum atomic E-state index is -9.72. The van der Waals surface area contributed by atoms with Gasteiger partial charge in [-0.1, -0.05) is 0 Å². The molecule has 0 heterocycles. The van der Waals surface area contributed by atoms with E-state index in [-0.39, 0.29) is 0 Å². The number of ether oxygens (including phenoxy) is 2. The molecule has 0 aliphatic rings. The van der Waals surface area contributed by atoms with E-state index in [9.17, 15) is 185 Å². The van der Waals surface area contributed by atoms with Crippen molar-refractivity contribution >= 4 is 22.1 Å². The van der Waals surface area contributed by atoms with Crippen molar-refractivity contribution in [3.63, 3.8) is 0 Å². The molecule has 0 spiro atoms. The van der Waals surface area contributed by atoms with Gasteiger partial charge in [0, 0.05) is 0 Å². The summed E-state index contributed by atoms with van der Waals surface area (Å²) in [7, 11) is -7.59. The standard InChI is InChI=1S/C22H4F38O7S/c23-5(24,7(27,28)11(35,36)15(43,44)19(51,52)53)9(31,32)13(39,40)17(47,48)21(57,58)66-3(61)1-2(68(63,64)65)4(62)67-22(59,60)18(49,50)14(41,42)10(33,34)6(25,26)8(29,30)12(37,38)16(45,46)20(54,55)56/h2H,1H2,(H,63,64,65). The Bertz CT molecular complexity index is 1990. The van der Waals surface area contributed by atoms with Crippen LogP contribution in [0.1, 0.15) is 6.42 Å². The Morgan fingerprint density at radius 1 is 0.324 bits per heavy atom. The Morgan fingerprint density at radius 2 is 0.500 bits per heavy atom. The SMILES string of the molecule is O=C(CC(C(=O)OC(F)(F)C(F)(F)C(F)(F)C(F)(F)C(F)(F)C(F)(F)C(F)(F)C(F)(F)C(F)(F)F)S(=O)(=O)O)OC(F)(F)C(F)(F)C(F)(F)C(F)(F)C(F)(F)C(F)(F)C(F)(F)C(F)(F)C(F)(F)F. The summed E-state index contributed by atoms with van der Waals surface area (Å²) in [4.78, 5) is 23.2. The Labute approximate surface area is 341 Å². The highest BCUT2D eigenvalue weighted by Gasteiger charge is 2.99. The second kappa shape index (κ2) is 16.4. The van der Waals surface area contributed by atoms with Crippen LogP contribution in [0.5, 0.6) is 0 Å². The summed E-state index contributed by atoms with van der Waals surface area (Å²) in [6.07, 6.45) is -38.0. The molecule has 0 saturated heterocycles. The fourth-order valence-corrected chi connectivity index (χ4v) is 4.30. The van der Waals surface area contributed by atoms with Gasteiger partial charge in [-0.2, -0.15) is 175 Å². The molecule has 1 unspecified atom stereocenters. The summed E-state index contributed by atoms with van der Waals surface area (Å²) in [6.45, 7) is 0. The van der Waals surface area contributed by atoms with Gasteiger partial charge in [0.1, 0.15) is 0 Å². The predicted molar refractivity (Wildman–Crippen MR) is 123 cm³/mol. The third kappa shape index (κ3) is 8.64. The molecule has 46 heteroatoms. The van der Waals surface area contributed by atoms with E-state index in [1.807, 2.05) is 0 Å². The number of alkyl halides is 38. The molecule has 406 valence electrons. The minimum Gasteiger partial charge on any atom is -0.396 e. The van der Waals surface area contributed by atoms with Gasteiger partial charge in [-0.05, 0) is 0 Å². The van der Waals surface area contributed by atoms with Crippen LogP contribution >= 0.6 is 0 Å². The molecule has 1 N–H and O–H groups in total. The van der Waals surface area contributed by atoms with Gasteiger partial charge in [0.2, 0.25) is 0 Å². The average Bonchev–Trinajstić information content (AvgIpc) is 3.07. The van der Waals surface area contributed by atoms with Crippen LogP contribution in [0.2, 0.25) is 0 Å². The molecule has 0 aromatic heterocycles. The maximum Gasteiger partial charge on any atom is 0.473 e. The fourth-order valence-electron chi connectivity index (χ4n) is 3.66. The lowest BCUT2D eigenvalue weighted by Crippen LogP contribution is -2.76. The second-order valence-electron chi connectivity index (χ2n) is 12.2. The molecule has 0 aliphatic carbocycles. The van der Waals surface area contributed by atoms with Crippen molar-refractivity contribution in [2.45, 2.75) is 119 Å².